The van der Waals surface area contributed by atoms with Crippen molar-refractivity contribution in [3.8, 4) is 17.7 Å². The number of methoxy groups -OCH3 is 2. The number of alkyl halides is 3. The lowest BCUT2D eigenvalue weighted by atomic mass is 10.2. The number of carbonyl (C=O) groups excluding carboxylic acids is 1. The van der Waals surface area contributed by atoms with E-state index in [2.05, 4.69) is 20.4 Å². The molecule has 1 aromatic rings. The predicted octanol–water partition coefficient (Wildman–Crippen LogP) is 1.63. The quantitative estimate of drug-likeness (QED) is 0.568. The molecule has 0 aliphatic heterocycles. The van der Waals surface area contributed by atoms with Crippen LogP contribution in [0.15, 0.2) is 12.3 Å². The van der Waals surface area contributed by atoms with Crippen LogP contribution in [0, 0.1) is 11.8 Å². The molecule has 0 bridgehead atoms. The first-order valence-electron chi connectivity index (χ1n) is 4.59. The number of carbonyl (C=O) groups is 1. The maximum Gasteiger partial charge on any atom is 0.421 e. The van der Waals surface area contributed by atoms with Crippen molar-refractivity contribution in [1.82, 2.24) is 4.98 Å². The molecular formula is C11H8F3NO3. The molecule has 0 radical (unpaired) electrons. The van der Waals surface area contributed by atoms with Crippen molar-refractivity contribution in [2.45, 2.75) is 6.18 Å². The zero-order chi connectivity index (χ0) is 13.8. The Morgan fingerprint density at radius 2 is 2.06 bits per heavy atom. The molecule has 1 rings (SSSR count). The van der Waals surface area contributed by atoms with Crippen molar-refractivity contribution in [3.63, 3.8) is 0 Å². The fourth-order valence-corrected chi connectivity index (χ4v) is 1.06. The molecule has 1 aromatic heterocycles. The van der Waals surface area contributed by atoms with Gasteiger partial charge in [-0.15, -0.1) is 0 Å². The number of pyridine rings is 1. The first-order valence-corrected chi connectivity index (χ1v) is 4.59. The van der Waals surface area contributed by atoms with Gasteiger partial charge in [-0.2, -0.15) is 13.2 Å². The van der Waals surface area contributed by atoms with Crippen LogP contribution in [0.5, 0.6) is 5.88 Å². The van der Waals surface area contributed by atoms with E-state index >= 15 is 0 Å². The number of rotatable bonds is 1. The fourth-order valence-electron chi connectivity index (χ4n) is 1.06. The lowest BCUT2D eigenvalue weighted by Crippen LogP contribution is -2.09. The number of halogens is 3. The predicted molar refractivity (Wildman–Crippen MR) is 54.7 cm³/mol. The van der Waals surface area contributed by atoms with Gasteiger partial charge in [0, 0.05) is 17.7 Å². The Morgan fingerprint density at radius 3 is 2.56 bits per heavy atom. The summed E-state index contributed by atoms with van der Waals surface area (Å²) in [5.41, 5.74) is -1.12. The second-order valence-corrected chi connectivity index (χ2v) is 3.02. The normalized spacial score (nSPS) is 10.3. The van der Waals surface area contributed by atoms with Crippen LogP contribution in [-0.2, 0) is 15.7 Å². The van der Waals surface area contributed by atoms with Crippen LogP contribution in [0.4, 0.5) is 13.2 Å². The molecular weight excluding hydrogens is 251 g/mol. The SMILES string of the molecule is COC(=O)C#Cc1cnc(OC)c(C(F)(F)F)c1. The summed E-state index contributed by atoms with van der Waals surface area (Å²) in [6, 6.07) is 0.752. The van der Waals surface area contributed by atoms with Gasteiger partial charge in [-0.25, -0.2) is 9.78 Å². The number of hydrogen-bond donors (Lipinski definition) is 0. The molecule has 0 saturated heterocycles. The monoisotopic (exact) mass is 259 g/mol. The molecule has 7 heteroatoms. The smallest absolute Gasteiger partial charge is 0.421 e. The van der Waals surface area contributed by atoms with E-state index in [1.165, 1.54) is 0 Å². The van der Waals surface area contributed by atoms with Crippen LogP contribution >= 0.6 is 0 Å². The number of hydrogen-bond acceptors (Lipinski definition) is 4. The summed E-state index contributed by atoms with van der Waals surface area (Å²) in [5.74, 6) is 2.82. The summed E-state index contributed by atoms with van der Waals surface area (Å²) in [4.78, 5) is 14.2. The Balaban J connectivity index is 3.18. The van der Waals surface area contributed by atoms with Gasteiger partial charge in [0.25, 0.3) is 0 Å². The van der Waals surface area contributed by atoms with Gasteiger partial charge in [0.05, 0.1) is 14.2 Å². The molecule has 0 spiro atoms. The van der Waals surface area contributed by atoms with Crippen LogP contribution < -0.4 is 4.74 Å². The first kappa shape index (κ1) is 13.8. The second-order valence-electron chi connectivity index (χ2n) is 3.02. The molecule has 96 valence electrons. The third-order valence-electron chi connectivity index (χ3n) is 1.84. The zero-order valence-electron chi connectivity index (χ0n) is 9.46. The van der Waals surface area contributed by atoms with E-state index in [9.17, 15) is 18.0 Å². The van der Waals surface area contributed by atoms with E-state index in [1.54, 1.807) is 0 Å². The van der Waals surface area contributed by atoms with Crippen molar-refractivity contribution in [2.75, 3.05) is 14.2 Å². The van der Waals surface area contributed by atoms with E-state index in [-0.39, 0.29) is 5.56 Å². The number of ether oxygens (including phenoxy) is 2. The van der Waals surface area contributed by atoms with E-state index in [0.29, 0.717) is 0 Å². The van der Waals surface area contributed by atoms with E-state index in [4.69, 9.17) is 0 Å². The summed E-state index contributed by atoms with van der Waals surface area (Å²) >= 11 is 0. The fraction of sp³-hybridized carbons (Fsp3) is 0.273. The summed E-state index contributed by atoms with van der Waals surface area (Å²) in [7, 11) is 2.20. The van der Waals surface area contributed by atoms with Gasteiger partial charge in [0.1, 0.15) is 5.56 Å². The van der Waals surface area contributed by atoms with E-state index < -0.39 is 23.6 Å². The number of nitrogens with zero attached hydrogens (tertiary/aromatic N) is 1. The Bertz CT molecular complexity index is 514. The van der Waals surface area contributed by atoms with Crippen LogP contribution in [0.1, 0.15) is 11.1 Å². The number of esters is 1. The van der Waals surface area contributed by atoms with Crippen LogP contribution in [0.3, 0.4) is 0 Å². The summed E-state index contributed by atoms with van der Waals surface area (Å²) in [5, 5.41) is 0. The Morgan fingerprint density at radius 1 is 1.39 bits per heavy atom. The van der Waals surface area contributed by atoms with Gasteiger partial charge < -0.3 is 9.47 Å². The summed E-state index contributed by atoms with van der Waals surface area (Å²) in [6.45, 7) is 0. The molecule has 18 heavy (non-hydrogen) atoms. The maximum absolute atomic E-state index is 12.6. The molecule has 4 nitrogen and oxygen atoms in total. The van der Waals surface area contributed by atoms with Gasteiger partial charge in [0.2, 0.25) is 5.88 Å². The highest BCUT2D eigenvalue weighted by atomic mass is 19.4. The molecule has 0 aliphatic rings. The second kappa shape index (κ2) is 5.40. The van der Waals surface area contributed by atoms with Crippen molar-refractivity contribution >= 4 is 5.97 Å². The third kappa shape index (κ3) is 3.38. The molecule has 0 atom stereocenters. The topological polar surface area (TPSA) is 48.4 Å². The van der Waals surface area contributed by atoms with E-state index in [1.807, 2.05) is 5.92 Å². The molecule has 0 N–H and O–H groups in total. The van der Waals surface area contributed by atoms with Crippen molar-refractivity contribution in [3.05, 3.63) is 23.4 Å². The minimum atomic E-state index is -4.61. The molecule has 0 saturated carbocycles. The highest BCUT2D eigenvalue weighted by molar-refractivity contribution is 5.88. The van der Waals surface area contributed by atoms with Gasteiger partial charge in [-0.1, -0.05) is 5.92 Å². The Labute approximate surface area is 101 Å². The molecule has 1 heterocycles. The van der Waals surface area contributed by atoms with Crippen LogP contribution in [-0.4, -0.2) is 25.2 Å². The summed E-state index contributed by atoms with van der Waals surface area (Å²) < 4.78 is 46.6. The molecule has 0 aromatic carbocycles. The van der Waals surface area contributed by atoms with Crippen molar-refractivity contribution < 1.29 is 27.4 Å². The minimum Gasteiger partial charge on any atom is -0.481 e. The van der Waals surface area contributed by atoms with Crippen LogP contribution in [0.2, 0.25) is 0 Å². The zero-order valence-corrected chi connectivity index (χ0v) is 9.46. The van der Waals surface area contributed by atoms with Gasteiger partial charge >= 0.3 is 12.1 Å². The lowest BCUT2D eigenvalue weighted by Gasteiger charge is -2.10. The van der Waals surface area contributed by atoms with Crippen molar-refractivity contribution in [1.29, 1.82) is 0 Å². The molecule has 0 unspecified atom stereocenters. The van der Waals surface area contributed by atoms with Crippen molar-refractivity contribution in [2.24, 2.45) is 0 Å². The van der Waals surface area contributed by atoms with Gasteiger partial charge in [-0.3, -0.25) is 0 Å². The standard InChI is InChI=1S/C11H8F3NO3/c1-17-9(16)4-3-7-5-8(11(12,13)14)10(18-2)15-6-7/h5-6H,1-2H3. The molecule has 0 amide bonds. The Kier molecular flexibility index (Phi) is 4.15. The van der Waals surface area contributed by atoms with Crippen LogP contribution in [0.25, 0.3) is 0 Å². The number of aromatic nitrogens is 1. The average Bonchev–Trinajstić information content (AvgIpc) is 2.34. The molecule has 0 aliphatic carbocycles. The highest BCUT2D eigenvalue weighted by Gasteiger charge is 2.35. The Hall–Kier alpha value is -2.23. The third-order valence-corrected chi connectivity index (χ3v) is 1.84. The largest absolute Gasteiger partial charge is 0.481 e. The first-order chi connectivity index (χ1) is 8.38. The van der Waals surface area contributed by atoms with Gasteiger partial charge in [-0.05, 0) is 6.07 Å². The maximum atomic E-state index is 12.6. The van der Waals surface area contributed by atoms with Gasteiger partial charge in [0.15, 0.2) is 0 Å². The van der Waals surface area contributed by atoms with E-state index in [0.717, 1.165) is 26.5 Å². The highest BCUT2D eigenvalue weighted by Crippen LogP contribution is 2.35. The minimum absolute atomic E-state index is 0.0616. The average molecular weight is 259 g/mol. The summed E-state index contributed by atoms with van der Waals surface area (Å²) in [6.07, 6.45) is -3.54. The lowest BCUT2D eigenvalue weighted by molar-refractivity contribution is -0.139. The molecule has 0 fully saturated rings.